The molecular weight excluding hydrogens is 134 g/mol. The van der Waals surface area contributed by atoms with Crippen molar-refractivity contribution in [2.45, 2.75) is 40.2 Å². The van der Waals surface area contributed by atoms with E-state index >= 15 is 0 Å². The van der Waals surface area contributed by atoms with Gasteiger partial charge in [0.15, 0.2) is 0 Å². The van der Waals surface area contributed by atoms with Crippen LogP contribution in [0, 0.1) is 5.92 Å². The lowest BCUT2D eigenvalue weighted by molar-refractivity contribution is 0.313. The van der Waals surface area contributed by atoms with Crippen LogP contribution in [0.15, 0.2) is 11.8 Å². The summed E-state index contributed by atoms with van der Waals surface area (Å²) in [5.41, 5.74) is 1.61. The van der Waals surface area contributed by atoms with Crippen LogP contribution in [-0.4, -0.2) is 17.5 Å². The molecular formula is C10H19N. The summed E-state index contributed by atoms with van der Waals surface area (Å²) < 4.78 is 0. The Kier molecular flexibility index (Phi) is 2.58. The summed E-state index contributed by atoms with van der Waals surface area (Å²) in [6.07, 6.45) is 3.56. The van der Waals surface area contributed by atoms with Crippen molar-refractivity contribution in [2.24, 2.45) is 5.92 Å². The SMILES string of the molecule is CCC1=CN(C(C)C)CC1C. The molecule has 1 atom stereocenters. The molecule has 1 unspecified atom stereocenters. The molecule has 0 aliphatic carbocycles. The fourth-order valence-corrected chi connectivity index (χ4v) is 1.63. The van der Waals surface area contributed by atoms with Gasteiger partial charge in [0, 0.05) is 12.6 Å². The maximum Gasteiger partial charge on any atom is 0.0238 e. The minimum absolute atomic E-state index is 0.668. The molecule has 1 aliphatic heterocycles. The zero-order valence-electron chi connectivity index (χ0n) is 8.09. The molecule has 0 N–H and O–H groups in total. The van der Waals surface area contributed by atoms with E-state index in [2.05, 4.69) is 38.8 Å². The van der Waals surface area contributed by atoms with Gasteiger partial charge < -0.3 is 4.90 Å². The van der Waals surface area contributed by atoms with Gasteiger partial charge in [0.05, 0.1) is 0 Å². The molecule has 0 bridgehead atoms. The summed E-state index contributed by atoms with van der Waals surface area (Å²) in [5.74, 6) is 0.780. The molecule has 0 radical (unpaired) electrons. The van der Waals surface area contributed by atoms with Gasteiger partial charge in [0.2, 0.25) is 0 Å². The van der Waals surface area contributed by atoms with Gasteiger partial charge in [-0.25, -0.2) is 0 Å². The third-order valence-corrected chi connectivity index (χ3v) is 2.52. The maximum absolute atomic E-state index is 2.43. The van der Waals surface area contributed by atoms with E-state index in [9.17, 15) is 0 Å². The average Bonchev–Trinajstić information content (AvgIpc) is 2.31. The van der Waals surface area contributed by atoms with Gasteiger partial charge in [-0.05, 0) is 32.4 Å². The molecule has 0 spiro atoms. The van der Waals surface area contributed by atoms with E-state index in [1.807, 2.05) is 0 Å². The van der Waals surface area contributed by atoms with Crippen molar-refractivity contribution < 1.29 is 0 Å². The summed E-state index contributed by atoms with van der Waals surface area (Å²) in [6, 6.07) is 0.668. The van der Waals surface area contributed by atoms with Gasteiger partial charge >= 0.3 is 0 Å². The average molecular weight is 153 g/mol. The molecule has 1 rings (SSSR count). The molecule has 11 heavy (non-hydrogen) atoms. The van der Waals surface area contributed by atoms with Crippen LogP contribution < -0.4 is 0 Å². The van der Waals surface area contributed by atoms with Crippen LogP contribution in [0.3, 0.4) is 0 Å². The van der Waals surface area contributed by atoms with E-state index in [4.69, 9.17) is 0 Å². The maximum atomic E-state index is 2.43. The Labute approximate surface area is 70.1 Å². The van der Waals surface area contributed by atoms with Gasteiger partial charge in [0.1, 0.15) is 0 Å². The van der Waals surface area contributed by atoms with Crippen molar-refractivity contribution in [2.75, 3.05) is 6.54 Å². The smallest absolute Gasteiger partial charge is 0.0238 e. The lowest BCUT2D eigenvalue weighted by atomic mass is 10.0. The molecule has 1 nitrogen and oxygen atoms in total. The lowest BCUT2D eigenvalue weighted by Gasteiger charge is -2.20. The number of hydrogen-bond donors (Lipinski definition) is 0. The van der Waals surface area contributed by atoms with Crippen molar-refractivity contribution >= 4 is 0 Å². The fraction of sp³-hybridized carbons (Fsp3) is 0.800. The molecule has 0 aromatic rings. The first-order chi connectivity index (χ1) is 5.15. The van der Waals surface area contributed by atoms with Gasteiger partial charge in [0.25, 0.3) is 0 Å². The van der Waals surface area contributed by atoms with Crippen LogP contribution in [0.4, 0.5) is 0 Å². The Morgan fingerprint density at radius 3 is 2.55 bits per heavy atom. The largest absolute Gasteiger partial charge is 0.374 e. The highest BCUT2D eigenvalue weighted by Gasteiger charge is 2.20. The summed E-state index contributed by atoms with van der Waals surface area (Å²) in [5, 5.41) is 0. The van der Waals surface area contributed by atoms with E-state index in [-0.39, 0.29) is 0 Å². The van der Waals surface area contributed by atoms with Crippen molar-refractivity contribution in [1.29, 1.82) is 0 Å². The van der Waals surface area contributed by atoms with Crippen LogP contribution in [0.25, 0.3) is 0 Å². The Morgan fingerprint density at radius 1 is 1.64 bits per heavy atom. The van der Waals surface area contributed by atoms with Crippen molar-refractivity contribution in [3.63, 3.8) is 0 Å². The van der Waals surface area contributed by atoms with E-state index in [0.29, 0.717) is 6.04 Å². The van der Waals surface area contributed by atoms with E-state index in [1.54, 1.807) is 5.57 Å². The standard InChI is InChI=1S/C10H19N/c1-5-10-7-11(8(2)3)6-9(10)4/h7-9H,5-6H2,1-4H3. The highest BCUT2D eigenvalue weighted by atomic mass is 15.1. The van der Waals surface area contributed by atoms with Crippen molar-refractivity contribution in [1.82, 2.24) is 4.90 Å². The molecule has 0 saturated carbocycles. The highest BCUT2D eigenvalue weighted by Crippen LogP contribution is 2.24. The molecule has 0 saturated heterocycles. The van der Waals surface area contributed by atoms with Gasteiger partial charge in [-0.15, -0.1) is 0 Å². The Balaban J connectivity index is 2.59. The molecule has 1 heterocycles. The Bertz CT molecular complexity index is 158. The number of nitrogens with zero attached hydrogens (tertiary/aromatic N) is 1. The summed E-state index contributed by atoms with van der Waals surface area (Å²) >= 11 is 0. The third kappa shape index (κ3) is 1.76. The molecule has 64 valence electrons. The van der Waals surface area contributed by atoms with E-state index < -0.39 is 0 Å². The van der Waals surface area contributed by atoms with Gasteiger partial charge in [-0.3, -0.25) is 0 Å². The molecule has 0 aromatic heterocycles. The fourth-order valence-electron chi connectivity index (χ4n) is 1.63. The predicted molar refractivity (Wildman–Crippen MR) is 49.4 cm³/mol. The zero-order valence-corrected chi connectivity index (χ0v) is 8.09. The first-order valence-electron chi connectivity index (χ1n) is 4.61. The van der Waals surface area contributed by atoms with Crippen LogP contribution in [0.5, 0.6) is 0 Å². The van der Waals surface area contributed by atoms with E-state index in [0.717, 1.165) is 5.92 Å². The first kappa shape index (κ1) is 8.63. The van der Waals surface area contributed by atoms with Crippen LogP contribution in [0.2, 0.25) is 0 Å². The molecule has 1 aliphatic rings. The van der Waals surface area contributed by atoms with Crippen LogP contribution in [0.1, 0.15) is 34.1 Å². The topological polar surface area (TPSA) is 3.24 Å². The predicted octanol–water partition coefficient (Wildman–Crippen LogP) is 2.64. The quantitative estimate of drug-likeness (QED) is 0.589. The molecule has 1 heteroatoms. The van der Waals surface area contributed by atoms with Crippen LogP contribution >= 0.6 is 0 Å². The number of rotatable bonds is 2. The summed E-state index contributed by atoms with van der Waals surface area (Å²) in [6.45, 7) is 10.3. The Hall–Kier alpha value is -0.460. The second-order valence-electron chi connectivity index (χ2n) is 3.75. The zero-order chi connectivity index (χ0) is 8.43. The van der Waals surface area contributed by atoms with Crippen molar-refractivity contribution in [3.8, 4) is 0 Å². The number of hydrogen-bond acceptors (Lipinski definition) is 1. The van der Waals surface area contributed by atoms with Crippen molar-refractivity contribution in [3.05, 3.63) is 11.8 Å². The lowest BCUT2D eigenvalue weighted by Crippen LogP contribution is -2.24. The minimum atomic E-state index is 0.668. The second kappa shape index (κ2) is 3.29. The minimum Gasteiger partial charge on any atom is -0.374 e. The summed E-state index contributed by atoms with van der Waals surface area (Å²) in [4.78, 5) is 2.43. The normalized spacial score (nSPS) is 24.6. The van der Waals surface area contributed by atoms with Gasteiger partial charge in [-0.1, -0.05) is 19.4 Å². The molecule has 0 aromatic carbocycles. The highest BCUT2D eigenvalue weighted by molar-refractivity contribution is 5.11. The monoisotopic (exact) mass is 153 g/mol. The second-order valence-corrected chi connectivity index (χ2v) is 3.75. The van der Waals surface area contributed by atoms with Crippen LogP contribution in [-0.2, 0) is 0 Å². The third-order valence-electron chi connectivity index (χ3n) is 2.52. The first-order valence-corrected chi connectivity index (χ1v) is 4.61. The molecule has 0 amide bonds. The molecule has 0 fully saturated rings. The summed E-state index contributed by atoms with van der Waals surface area (Å²) in [7, 11) is 0. The van der Waals surface area contributed by atoms with Gasteiger partial charge in [-0.2, -0.15) is 0 Å². The Morgan fingerprint density at radius 2 is 2.27 bits per heavy atom. The van der Waals surface area contributed by atoms with E-state index in [1.165, 1.54) is 13.0 Å².